The highest BCUT2D eigenvalue weighted by atomic mass is 19.1. The molecule has 0 aromatic heterocycles. The van der Waals surface area contributed by atoms with Gasteiger partial charge in [-0.25, -0.2) is 4.39 Å². The number of hydrogen-bond donors (Lipinski definition) is 1. The zero-order chi connectivity index (χ0) is 16.4. The van der Waals surface area contributed by atoms with Gasteiger partial charge >= 0.3 is 0 Å². The average Bonchev–Trinajstić information content (AvgIpc) is 2.58. The lowest BCUT2D eigenvalue weighted by Gasteiger charge is -2.40. The molecular weight excluding hydrogens is 293 g/mol. The van der Waals surface area contributed by atoms with Crippen LogP contribution in [-0.4, -0.2) is 55.7 Å². The molecule has 2 saturated heterocycles. The standard InChI is InChI=1S/C18H26FN3O/c1-14-4-3-5-16(15(14)2)21-10-12-22(13-11-21)17(23)18(19)6-8-20-9-7-18/h3-5,20H,6-13H2,1-2H3. The molecule has 0 unspecified atom stereocenters. The smallest absolute Gasteiger partial charge is 0.260 e. The number of benzene rings is 1. The predicted molar refractivity (Wildman–Crippen MR) is 90.7 cm³/mol. The van der Waals surface area contributed by atoms with Crippen molar-refractivity contribution >= 4 is 11.6 Å². The van der Waals surface area contributed by atoms with Gasteiger partial charge in [-0.2, -0.15) is 0 Å². The van der Waals surface area contributed by atoms with Crippen molar-refractivity contribution in [2.45, 2.75) is 32.4 Å². The maximum atomic E-state index is 14.8. The van der Waals surface area contributed by atoms with Crippen LogP contribution in [0.15, 0.2) is 18.2 Å². The Hall–Kier alpha value is -1.62. The maximum Gasteiger partial charge on any atom is 0.260 e. The number of anilines is 1. The van der Waals surface area contributed by atoms with Gasteiger partial charge in [0.15, 0.2) is 5.67 Å². The molecule has 4 nitrogen and oxygen atoms in total. The van der Waals surface area contributed by atoms with Crippen LogP contribution < -0.4 is 10.2 Å². The molecule has 0 spiro atoms. The van der Waals surface area contributed by atoms with Crippen LogP contribution in [0.2, 0.25) is 0 Å². The number of carbonyl (C=O) groups excluding carboxylic acids is 1. The average molecular weight is 319 g/mol. The summed E-state index contributed by atoms with van der Waals surface area (Å²) in [7, 11) is 0. The summed E-state index contributed by atoms with van der Waals surface area (Å²) in [6.45, 7) is 8.16. The fourth-order valence-electron chi connectivity index (χ4n) is 3.55. The third-order valence-corrected chi connectivity index (χ3v) is 5.26. The minimum Gasteiger partial charge on any atom is -0.368 e. The quantitative estimate of drug-likeness (QED) is 0.906. The SMILES string of the molecule is Cc1cccc(N2CCN(C(=O)C3(F)CCNCC3)CC2)c1C. The van der Waals surface area contributed by atoms with Gasteiger partial charge in [-0.3, -0.25) is 4.79 Å². The van der Waals surface area contributed by atoms with Crippen LogP contribution in [0.5, 0.6) is 0 Å². The summed E-state index contributed by atoms with van der Waals surface area (Å²) >= 11 is 0. The third kappa shape index (κ3) is 3.20. The number of carbonyl (C=O) groups is 1. The molecule has 0 aliphatic carbocycles. The zero-order valence-electron chi connectivity index (χ0n) is 14.1. The highest BCUT2D eigenvalue weighted by molar-refractivity contribution is 5.85. The second kappa shape index (κ2) is 6.48. The fourth-order valence-corrected chi connectivity index (χ4v) is 3.55. The molecule has 2 aliphatic rings. The number of piperidine rings is 1. The van der Waals surface area contributed by atoms with Crippen LogP contribution in [0.4, 0.5) is 10.1 Å². The molecule has 0 radical (unpaired) electrons. The fraction of sp³-hybridized carbons (Fsp3) is 0.611. The van der Waals surface area contributed by atoms with E-state index in [0.29, 0.717) is 39.0 Å². The number of nitrogens with zero attached hydrogens (tertiary/aromatic N) is 2. The van der Waals surface area contributed by atoms with E-state index in [9.17, 15) is 9.18 Å². The van der Waals surface area contributed by atoms with E-state index >= 15 is 0 Å². The van der Waals surface area contributed by atoms with E-state index in [4.69, 9.17) is 0 Å². The minimum absolute atomic E-state index is 0.295. The highest BCUT2D eigenvalue weighted by Crippen LogP contribution is 2.28. The molecule has 0 bridgehead atoms. The molecule has 3 rings (SSSR count). The Morgan fingerprint density at radius 3 is 2.43 bits per heavy atom. The van der Waals surface area contributed by atoms with Crippen LogP contribution in [-0.2, 0) is 4.79 Å². The summed E-state index contributed by atoms with van der Waals surface area (Å²) < 4.78 is 14.8. The van der Waals surface area contributed by atoms with E-state index in [2.05, 4.69) is 42.3 Å². The van der Waals surface area contributed by atoms with Crippen molar-refractivity contribution in [2.75, 3.05) is 44.2 Å². The van der Waals surface area contributed by atoms with Crippen LogP contribution in [0.25, 0.3) is 0 Å². The van der Waals surface area contributed by atoms with Crippen LogP contribution in [0.1, 0.15) is 24.0 Å². The van der Waals surface area contributed by atoms with E-state index in [1.54, 1.807) is 4.90 Å². The number of amides is 1. The first-order valence-electron chi connectivity index (χ1n) is 8.51. The highest BCUT2D eigenvalue weighted by Gasteiger charge is 2.43. The zero-order valence-corrected chi connectivity index (χ0v) is 14.1. The van der Waals surface area contributed by atoms with Gasteiger partial charge in [0.05, 0.1) is 0 Å². The van der Waals surface area contributed by atoms with Crippen molar-refractivity contribution in [1.82, 2.24) is 10.2 Å². The van der Waals surface area contributed by atoms with Gasteiger partial charge in [0.2, 0.25) is 0 Å². The molecule has 23 heavy (non-hydrogen) atoms. The molecule has 1 aromatic rings. The molecule has 0 saturated carbocycles. The van der Waals surface area contributed by atoms with Crippen molar-refractivity contribution in [3.05, 3.63) is 29.3 Å². The largest absolute Gasteiger partial charge is 0.368 e. The maximum absolute atomic E-state index is 14.8. The number of hydrogen-bond acceptors (Lipinski definition) is 3. The Kier molecular flexibility index (Phi) is 4.57. The Labute approximate surface area is 137 Å². The lowest BCUT2D eigenvalue weighted by atomic mass is 9.92. The van der Waals surface area contributed by atoms with Crippen LogP contribution in [0, 0.1) is 13.8 Å². The Morgan fingerprint density at radius 1 is 1.13 bits per heavy atom. The molecule has 2 heterocycles. The van der Waals surface area contributed by atoms with Crippen molar-refractivity contribution in [3.8, 4) is 0 Å². The lowest BCUT2D eigenvalue weighted by molar-refractivity contribution is -0.146. The number of alkyl halides is 1. The van der Waals surface area contributed by atoms with Gasteiger partial charge in [-0.1, -0.05) is 12.1 Å². The van der Waals surface area contributed by atoms with E-state index < -0.39 is 5.67 Å². The number of rotatable bonds is 2. The van der Waals surface area contributed by atoms with Gasteiger partial charge in [-0.05, 0) is 44.1 Å². The summed E-state index contributed by atoms with van der Waals surface area (Å²) in [5.41, 5.74) is 2.13. The number of piperazine rings is 1. The predicted octanol–water partition coefficient (Wildman–Crippen LogP) is 2.04. The summed E-state index contributed by atoms with van der Waals surface area (Å²) in [6.07, 6.45) is 0.589. The Morgan fingerprint density at radius 2 is 1.78 bits per heavy atom. The Bertz CT molecular complexity index is 576. The van der Waals surface area contributed by atoms with Gasteiger partial charge in [0.1, 0.15) is 0 Å². The minimum atomic E-state index is -1.66. The lowest BCUT2D eigenvalue weighted by Crippen LogP contribution is -2.56. The molecule has 5 heteroatoms. The molecule has 2 fully saturated rings. The van der Waals surface area contributed by atoms with E-state index in [1.165, 1.54) is 16.8 Å². The topological polar surface area (TPSA) is 35.6 Å². The summed E-state index contributed by atoms with van der Waals surface area (Å²) in [4.78, 5) is 16.6. The first-order valence-corrected chi connectivity index (χ1v) is 8.51. The van der Waals surface area contributed by atoms with Gasteiger partial charge < -0.3 is 15.1 Å². The first kappa shape index (κ1) is 16.2. The molecule has 1 N–H and O–H groups in total. The van der Waals surface area contributed by atoms with Gasteiger partial charge in [0.25, 0.3) is 5.91 Å². The Balaban J connectivity index is 1.64. The van der Waals surface area contributed by atoms with Crippen molar-refractivity contribution in [3.63, 3.8) is 0 Å². The normalized spacial score (nSPS) is 21.3. The number of halogens is 1. The molecule has 1 amide bonds. The van der Waals surface area contributed by atoms with E-state index in [0.717, 1.165) is 13.1 Å². The second-order valence-electron chi connectivity index (χ2n) is 6.71. The van der Waals surface area contributed by atoms with Crippen molar-refractivity contribution in [1.29, 1.82) is 0 Å². The third-order valence-electron chi connectivity index (χ3n) is 5.26. The van der Waals surface area contributed by atoms with Crippen LogP contribution in [0.3, 0.4) is 0 Å². The monoisotopic (exact) mass is 319 g/mol. The second-order valence-corrected chi connectivity index (χ2v) is 6.71. The molecule has 126 valence electrons. The van der Waals surface area contributed by atoms with Crippen LogP contribution >= 0.6 is 0 Å². The van der Waals surface area contributed by atoms with Crippen molar-refractivity contribution < 1.29 is 9.18 Å². The number of nitrogens with one attached hydrogen (secondary N) is 1. The molecule has 1 aromatic carbocycles. The van der Waals surface area contributed by atoms with Crippen molar-refractivity contribution in [2.24, 2.45) is 0 Å². The molecule has 0 atom stereocenters. The summed E-state index contributed by atoms with van der Waals surface area (Å²) in [5, 5.41) is 3.12. The number of aryl methyl sites for hydroxylation is 1. The van der Waals surface area contributed by atoms with E-state index in [-0.39, 0.29) is 5.91 Å². The molecule has 2 aliphatic heterocycles. The van der Waals surface area contributed by atoms with E-state index in [1.807, 2.05) is 0 Å². The van der Waals surface area contributed by atoms with Gasteiger partial charge in [-0.15, -0.1) is 0 Å². The molecular formula is C18H26FN3O. The van der Waals surface area contributed by atoms with Gasteiger partial charge in [0, 0.05) is 44.7 Å². The first-order chi connectivity index (χ1) is 11.0. The summed E-state index contributed by atoms with van der Waals surface area (Å²) in [6, 6.07) is 6.31. The summed E-state index contributed by atoms with van der Waals surface area (Å²) in [5.74, 6) is -0.306.